The quantitative estimate of drug-likeness (QED) is 0.326. The van der Waals surface area contributed by atoms with Crippen LogP contribution < -0.4 is 16.5 Å². The molecule has 5 N–H and O–H groups in total. The number of aromatic nitrogens is 5. The monoisotopic (exact) mass is 403 g/mol. The molecule has 0 saturated carbocycles. The predicted octanol–water partition coefficient (Wildman–Crippen LogP) is -0.114. The summed E-state index contributed by atoms with van der Waals surface area (Å²) in [7, 11) is -1.50. The Balaban J connectivity index is 1.62. The molecule has 1 amide bonds. The summed E-state index contributed by atoms with van der Waals surface area (Å²) in [5, 5.41) is 21.5. The van der Waals surface area contributed by atoms with E-state index in [1.165, 1.54) is 6.33 Å². The van der Waals surface area contributed by atoms with Crippen LogP contribution in [-0.4, -0.2) is 47.4 Å². The minimum absolute atomic E-state index is 0.315. The van der Waals surface area contributed by atoms with Gasteiger partial charge in [-0.1, -0.05) is 24.3 Å². The van der Waals surface area contributed by atoms with E-state index in [4.69, 9.17) is 15.8 Å². The first-order chi connectivity index (χ1) is 14.4. The lowest BCUT2D eigenvalue weighted by molar-refractivity contribution is 0.100. The van der Waals surface area contributed by atoms with Gasteiger partial charge in [-0.05, 0) is 30.1 Å². The minimum atomic E-state index is -1.50. The number of benzene rings is 1. The number of fused-ring (bicyclic) bond motifs is 1. The average molecular weight is 403 g/mol. The average Bonchev–Trinajstić information content (AvgIpc) is 3.08. The van der Waals surface area contributed by atoms with Gasteiger partial charge in [-0.25, -0.2) is 15.0 Å². The fourth-order valence-electron chi connectivity index (χ4n) is 3.13. The number of nitrogens with two attached hydrogens (primary N) is 1. The van der Waals surface area contributed by atoms with Crippen molar-refractivity contribution >= 4 is 30.1 Å². The lowest BCUT2D eigenvalue weighted by Gasteiger charge is -2.08. The maximum absolute atomic E-state index is 11.7. The second kappa shape index (κ2) is 7.89. The van der Waals surface area contributed by atoms with Crippen molar-refractivity contribution in [2.45, 2.75) is 13.5 Å². The Bertz CT molecular complexity index is 1220. The third kappa shape index (κ3) is 3.71. The van der Waals surface area contributed by atoms with E-state index in [1.54, 1.807) is 53.9 Å². The molecule has 0 bridgehead atoms. The van der Waals surface area contributed by atoms with Crippen LogP contribution in [0, 0.1) is 6.92 Å². The van der Waals surface area contributed by atoms with Gasteiger partial charge in [0.15, 0.2) is 5.82 Å². The third-order valence-electron chi connectivity index (χ3n) is 4.60. The van der Waals surface area contributed by atoms with Gasteiger partial charge < -0.3 is 21.1 Å². The SMILES string of the molecule is Cc1nc2c(C(N)=O)cccn2c1-c1ncnc(NCc2ccc(B(O)O)cc2)n1. The number of carbonyl (C=O) groups is 1. The van der Waals surface area contributed by atoms with Crippen molar-refractivity contribution in [1.29, 1.82) is 0 Å². The molecule has 4 rings (SSSR count). The number of hydrogen-bond donors (Lipinski definition) is 4. The largest absolute Gasteiger partial charge is 0.488 e. The van der Waals surface area contributed by atoms with Crippen LogP contribution in [0.4, 0.5) is 5.95 Å². The van der Waals surface area contributed by atoms with Gasteiger partial charge in [0.25, 0.3) is 5.91 Å². The van der Waals surface area contributed by atoms with Crippen LogP contribution in [0.2, 0.25) is 0 Å². The normalized spacial score (nSPS) is 10.9. The molecular formula is C19H18BN7O3. The van der Waals surface area contributed by atoms with Crippen LogP contribution >= 0.6 is 0 Å². The van der Waals surface area contributed by atoms with Crippen LogP contribution in [0.25, 0.3) is 17.2 Å². The molecule has 0 aliphatic carbocycles. The second-order valence-corrected chi connectivity index (χ2v) is 6.63. The number of pyridine rings is 1. The summed E-state index contributed by atoms with van der Waals surface area (Å²) >= 11 is 0. The number of hydrogen-bond acceptors (Lipinski definition) is 8. The van der Waals surface area contributed by atoms with E-state index >= 15 is 0 Å². The fraction of sp³-hybridized carbons (Fsp3) is 0.105. The van der Waals surface area contributed by atoms with E-state index in [0.29, 0.717) is 46.4 Å². The molecule has 1 aromatic carbocycles. The molecule has 3 aromatic heterocycles. The Labute approximate surface area is 171 Å². The number of nitrogens with one attached hydrogen (secondary N) is 1. The molecule has 150 valence electrons. The van der Waals surface area contributed by atoms with Crippen molar-refractivity contribution < 1.29 is 14.8 Å². The number of primary amides is 1. The Morgan fingerprint density at radius 3 is 2.63 bits per heavy atom. The van der Waals surface area contributed by atoms with Crippen LogP contribution in [0.15, 0.2) is 48.9 Å². The highest BCUT2D eigenvalue weighted by atomic mass is 16.4. The zero-order valence-electron chi connectivity index (χ0n) is 16.0. The van der Waals surface area contributed by atoms with E-state index < -0.39 is 13.0 Å². The highest BCUT2D eigenvalue weighted by molar-refractivity contribution is 6.58. The Hall–Kier alpha value is -3.83. The van der Waals surface area contributed by atoms with Gasteiger partial charge in [-0.15, -0.1) is 0 Å². The maximum Gasteiger partial charge on any atom is 0.488 e. The van der Waals surface area contributed by atoms with Crippen molar-refractivity contribution in [3.8, 4) is 11.5 Å². The standard InChI is InChI=1S/C19H18BN7O3/c1-11-15(27-8-2-3-14(16(21)28)18(27)25-11)17-23-10-24-19(26-17)22-9-12-4-6-13(7-5-12)20(29)30/h2-8,10,29-30H,9H2,1H3,(H2,21,28)(H,22,23,24,26). The molecule has 0 aliphatic rings. The molecule has 30 heavy (non-hydrogen) atoms. The molecule has 0 radical (unpaired) electrons. The van der Waals surface area contributed by atoms with Crippen molar-refractivity contribution in [2.24, 2.45) is 5.73 Å². The van der Waals surface area contributed by atoms with Crippen LogP contribution in [0.5, 0.6) is 0 Å². The third-order valence-corrected chi connectivity index (χ3v) is 4.60. The van der Waals surface area contributed by atoms with E-state index in [-0.39, 0.29) is 0 Å². The van der Waals surface area contributed by atoms with Gasteiger partial charge in [0.1, 0.15) is 17.7 Å². The molecule has 3 heterocycles. The number of nitrogens with zero attached hydrogens (tertiary/aromatic N) is 5. The molecule has 0 saturated heterocycles. The van der Waals surface area contributed by atoms with Crippen molar-refractivity contribution in [3.05, 3.63) is 65.7 Å². The summed E-state index contributed by atoms with van der Waals surface area (Å²) in [6.45, 7) is 2.24. The summed E-state index contributed by atoms with van der Waals surface area (Å²) in [6.07, 6.45) is 3.16. The van der Waals surface area contributed by atoms with Crippen molar-refractivity contribution in [2.75, 3.05) is 5.32 Å². The number of aryl methyl sites for hydroxylation is 1. The van der Waals surface area contributed by atoms with E-state index in [0.717, 1.165) is 5.56 Å². The highest BCUT2D eigenvalue weighted by Crippen LogP contribution is 2.23. The smallest absolute Gasteiger partial charge is 0.423 e. The summed E-state index contributed by atoms with van der Waals surface area (Å²) in [5.41, 5.74) is 8.83. The van der Waals surface area contributed by atoms with Gasteiger partial charge >= 0.3 is 7.12 Å². The molecule has 10 nitrogen and oxygen atoms in total. The molecular weight excluding hydrogens is 385 g/mol. The molecule has 0 spiro atoms. The van der Waals surface area contributed by atoms with E-state index in [1.807, 2.05) is 0 Å². The second-order valence-electron chi connectivity index (χ2n) is 6.63. The number of carbonyl (C=O) groups excluding carboxylic acids is 1. The molecule has 0 fully saturated rings. The first kappa shape index (κ1) is 19.5. The molecule has 0 aliphatic heterocycles. The Morgan fingerprint density at radius 2 is 1.93 bits per heavy atom. The highest BCUT2D eigenvalue weighted by Gasteiger charge is 2.18. The molecule has 4 aromatic rings. The number of imidazole rings is 1. The summed E-state index contributed by atoms with van der Waals surface area (Å²) in [6, 6.07) is 10.2. The predicted molar refractivity (Wildman–Crippen MR) is 111 cm³/mol. The van der Waals surface area contributed by atoms with Gasteiger partial charge in [0, 0.05) is 12.7 Å². The van der Waals surface area contributed by atoms with Crippen molar-refractivity contribution in [1.82, 2.24) is 24.3 Å². The summed E-state index contributed by atoms with van der Waals surface area (Å²) < 4.78 is 1.73. The van der Waals surface area contributed by atoms with Gasteiger partial charge in [0.2, 0.25) is 5.95 Å². The molecule has 11 heteroatoms. The van der Waals surface area contributed by atoms with Gasteiger partial charge in [-0.2, -0.15) is 4.98 Å². The zero-order chi connectivity index (χ0) is 21.3. The van der Waals surface area contributed by atoms with Crippen LogP contribution in [0.1, 0.15) is 21.6 Å². The van der Waals surface area contributed by atoms with Gasteiger partial charge in [-0.3, -0.25) is 9.20 Å². The Morgan fingerprint density at radius 1 is 1.17 bits per heavy atom. The lowest BCUT2D eigenvalue weighted by atomic mass is 9.80. The van der Waals surface area contributed by atoms with Crippen LogP contribution in [0.3, 0.4) is 0 Å². The summed E-state index contributed by atoms with van der Waals surface area (Å²) in [4.78, 5) is 29.0. The number of rotatable bonds is 6. The Kier molecular flexibility index (Phi) is 5.13. The number of amides is 1. The van der Waals surface area contributed by atoms with Crippen molar-refractivity contribution in [3.63, 3.8) is 0 Å². The topological polar surface area (TPSA) is 152 Å². The first-order valence-electron chi connectivity index (χ1n) is 9.10. The number of anilines is 1. The molecule has 0 unspecified atom stereocenters. The lowest BCUT2D eigenvalue weighted by Crippen LogP contribution is -2.29. The first-order valence-corrected chi connectivity index (χ1v) is 9.10. The maximum atomic E-state index is 11.7. The van der Waals surface area contributed by atoms with E-state index in [2.05, 4.69) is 25.3 Å². The zero-order valence-corrected chi connectivity index (χ0v) is 16.0. The molecule has 0 atom stereocenters. The van der Waals surface area contributed by atoms with Crippen LogP contribution in [-0.2, 0) is 6.54 Å². The van der Waals surface area contributed by atoms with E-state index in [9.17, 15) is 4.79 Å². The van der Waals surface area contributed by atoms with Gasteiger partial charge in [0.05, 0.1) is 11.3 Å². The summed E-state index contributed by atoms with van der Waals surface area (Å²) in [5.74, 6) is 0.208. The minimum Gasteiger partial charge on any atom is -0.423 e. The fourth-order valence-corrected chi connectivity index (χ4v) is 3.13.